The van der Waals surface area contributed by atoms with Crippen LogP contribution in [0.5, 0.6) is 0 Å². The Morgan fingerprint density at radius 2 is 1.70 bits per heavy atom. The largest absolute Gasteiger partial charge is 0.332 e. The Kier molecular flexibility index (Phi) is 3.85. The lowest BCUT2D eigenvalue weighted by Gasteiger charge is -2.01. The van der Waals surface area contributed by atoms with Crippen molar-refractivity contribution in [3.63, 3.8) is 0 Å². The molecule has 0 radical (unpaired) electrons. The molecule has 0 aliphatic carbocycles. The van der Waals surface area contributed by atoms with E-state index in [-0.39, 0.29) is 0 Å². The molecule has 0 aliphatic heterocycles. The van der Waals surface area contributed by atoms with E-state index in [1.54, 1.807) is 11.3 Å². The normalized spacial score (nSPS) is 10.5. The monoisotopic (exact) mass is 344 g/mol. The van der Waals surface area contributed by atoms with E-state index in [2.05, 4.69) is 40.3 Å². The van der Waals surface area contributed by atoms with Crippen molar-refractivity contribution >= 4 is 38.1 Å². The van der Waals surface area contributed by atoms with Gasteiger partial charge in [-0.1, -0.05) is 46.3 Å². The van der Waals surface area contributed by atoms with Crippen molar-refractivity contribution in [2.75, 3.05) is 5.32 Å². The first kappa shape index (κ1) is 13.3. The van der Waals surface area contributed by atoms with Crippen LogP contribution in [0.2, 0.25) is 0 Å². The molecule has 1 N–H and O–H groups in total. The highest BCUT2D eigenvalue weighted by Gasteiger charge is 2.09. The lowest BCUT2D eigenvalue weighted by molar-refractivity contribution is 1.36. The van der Waals surface area contributed by atoms with Gasteiger partial charge in [0.1, 0.15) is 0 Å². The number of nitrogens with zero attached hydrogens (tertiary/aromatic N) is 1. The summed E-state index contributed by atoms with van der Waals surface area (Å²) in [6, 6.07) is 18.4. The van der Waals surface area contributed by atoms with Crippen molar-refractivity contribution in [3.05, 3.63) is 63.9 Å². The Labute approximate surface area is 130 Å². The third kappa shape index (κ3) is 2.92. The molecule has 4 heteroatoms. The maximum atomic E-state index is 4.69. The number of aryl methyl sites for hydroxylation is 1. The standard InChI is InChI=1S/C16H13BrN2S/c1-11-15(12-5-3-2-4-6-12)19-16(20-11)18-14-9-7-13(17)8-10-14/h2-10H,1H3,(H,18,19). The molecule has 0 aliphatic rings. The van der Waals surface area contributed by atoms with Gasteiger partial charge in [0.2, 0.25) is 0 Å². The van der Waals surface area contributed by atoms with E-state index in [9.17, 15) is 0 Å². The Bertz CT molecular complexity index is 705. The van der Waals surface area contributed by atoms with E-state index in [1.165, 1.54) is 4.88 Å². The SMILES string of the molecule is Cc1sc(Nc2ccc(Br)cc2)nc1-c1ccccc1. The molecule has 0 unspecified atom stereocenters. The van der Waals surface area contributed by atoms with E-state index in [0.717, 1.165) is 26.5 Å². The number of aromatic nitrogens is 1. The van der Waals surface area contributed by atoms with Gasteiger partial charge in [-0.25, -0.2) is 4.98 Å². The van der Waals surface area contributed by atoms with E-state index < -0.39 is 0 Å². The molecule has 1 aromatic heterocycles. The summed E-state index contributed by atoms with van der Waals surface area (Å²) in [6.07, 6.45) is 0. The molecular weight excluding hydrogens is 332 g/mol. The fraction of sp³-hybridized carbons (Fsp3) is 0.0625. The number of hydrogen-bond donors (Lipinski definition) is 1. The number of nitrogens with one attached hydrogen (secondary N) is 1. The zero-order valence-corrected chi connectivity index (χ0v) is 13.3. The molecule has 0 fully saturated rings. The first-order valence-electron chi connectivity index (χ1n) is 6.28. The van der Waals surface area contributed by atoms with Gasteiger partial charge in [0.25, 0.3) is 0 Å². The summed E-state index contributed by atoms with van der Waals surface area (Å²) in [7, 11) is 0. The minimum atomic E-state index is 0.920. The van der Waals surface area contributed by atoms with Crippen LogP contribution in [-0.2, 0) is 0 Å². The average Bonchev–Trinajstić information content (AvgIpc) is 2.83. The number of rotatable bonds is 3. The van der Waals surface area contributed by atoms with Crippen molar-refractivity contribution in [2.24, 2.45) is 0 Å². The highest BCUT2D eigenvalue weighted by atomic mass is 79.9. The smallest absolute Gasteiger partial charge is 0.187 e. The van der Waals surface area contributed by atoms with Crippen molar-refractivity contribution in [1.29, 1.82) is 0 Å². The molecule has 100 valence electrons. The van der Waals surface area contributed by atoms with Crippen LogP contribution in [0.25, 0.3) is 11.3 Å². The van der Waals surface area contributed by atoms with Crippen LogP contribution >= 0.6 is 27.3 Å². The fourth-order valence-corrected chi connectivity index (χ4v) is 3.09. The Morgan fingerprint density at radius 1 is 1.00 bits per heavy atom. The molecule has 1 heterocycles. The van der Waals surface area contributed by atoms with Crippen molar-refractivity contribution in [3.8, 4) is 11.3 Å². The first-order chi connectivity index (χ1) is 9.72. The second-order valence-corrected chi connectivity index (χ2v) is 6.54. The highest BCUT2D eigenvalue weighted by Crippen LogP contribution is 2.31. The summed E-state index contributed by atoms with van der Waals surface area (Å²) in [4.78, 5) is 5.91. The zero-order valence-electron chi connectivity index (χ0n) is 10.9. The molecule has 0 amide bonds. The summed E-state index contributed by atoms with van der Waals surface area (Å²) in [5.41, 5.74) is 3.25. The molecule has 2 nitrogen and oxygen atoms in total. The summed E-state index contributed by atoms with van der Waals surface area (Å²) in [5.74, 6) is 0. The summed E-state index contributed by atoms with van der Waals surface area (Å²) in [5, 5.41) is 4.27. The quantitative estimate of drug-likeness (QED) is 0.666. The van der Waals surface area contributed by atoms with Crippen LogP contribution in [0.3, 0.4) is 0 Å². The van der Waals surface area contributed by atoms with E-state index in [1.807, 2.05) is 42.5 Å². The van der Waals surface area contributed by atoms with Crippen molar-refractivity contribution < 1.29 is 0 Å². The Morgan fingerprint density at radius 3 is 2.40 bits per heavy atom. The van der Waals surface area contributed by atoms with Crippen LogP contribution in [0.4, 0.5) is 10.8 Å². The van der Waals surface area contributed by atoms with Gasteiger partial charge in [-0.3, -0.25) is 0 Å². The topological polar surface area (TPSA) is 24.9 Å². The molecular formula is C16H13BrN2S. The summed E-state index contributed by atoms with van der Waals surface area (Å²) >= 11 is 5.11. The third-order valence-electron chi connectivity index (χ3n) is 2.94. The molecule has 20 heavy (non-hydrogen) atoms. The summed E-state index contributed by atoms with van der Waals surface area (Å²) in [6.45, 7) is 2.10. The van der Waals surface area contributed by atoms with Gasteiger partial charge in [0.15, 0.2) is 5.13 Å². The molecule has 3 aromatic rings. The number of anilines is 2. The molecule has 0 atom stereocenters. The van der Waals surface area contributed by atoms with Gasteiger partial charge in [-0.15, -0.1) is 11.3 Å². The van der Waals surface area contributed by atoms with E-state index in [0.29, 0.717) is 0 Å². The first-order valence-corrected chi connectivity index (χ1v) is 7.89. The van der Waals surface area contributed by atoms with Gasteiger partial charge in [0, 0.05) is 20.6 Å². The molecule has 0 bridgehead atoms. The minimum absolute atomic E-state index is 0.920. The number of benzene rings is 2. The average molecular weight is 345 g/mol. The predicted octanol–water partition coefficient (Wildman–Crippen LogP) is 5.62. The molecule has 0 saturated heterocycles. The number of hydrogen-bond acceptors (Lipinski definition) is 3. The maximum absolute atomic E-state index is 4.69. The van der Waals surface area contributed by atoms with Crippen molar-refractivity contribution in [1.82, 2.24) is 4.98 Å². The van der Waals surface area contributed by atoms with E-state index >= 15 is 0 Å². The second-order valence-electron chi connectivity index (χ2n) is 4.42. The van der Waals surface area contributed by atoms with Crippen LogP contribution < -0.4 is 5.32 Å². The van der Waals surface area contributed by atoms with Gasteiger partial charge >= 0.3 is 0 Å². The zero-order chi connectivity index (χ0) is 13.9. The van der Waals surface area contributed by atoms with Gasteiger partial charge in [-0.05, 0) is 31.2 Å². The molecule has 3 rings (SSSR count). The third-order valence-corrected chi connectivity index (χ3v) is 4.35. The Hall–Kier alpha value is -1.65. The second kappa shape index (κ2) is 5.77. The molecule has 0 spiro atoms. The highest BCUT2D eigenvalue weighted by molar-refractivity contribution is 9.10. The Balaban J connectivity index is 1.87. The molecule has 0 saturated carbocycles. The number of halogens is 1. The molecule has 2 aromatic carbocycles. The lowest BCUT2D eigenvalue weighted by atomic mass is 10.1. The van der Waals surface area contributed by atoms with Crippen LogP contribution in [0.1, 0.15) is 4.88 Å². The number of thiazole rings is 1. The van der Waals surface area contributed by atoms with Crippen molar-refractivity contribution in [2.45, 2.75) is 6.92 Å². The van der Waals surface area contributed by atoms with Gasteiger partial charge < -0.3 is 5.32 Å². The maximum Gasteiger partial charge on any atom is 0.187 e. The fourth-order valence-electron chi connectivity index (χ4n) is 1.97. The minimum Gasteiger partial charge on any atom is -0.332 e. The van der Waals surface area contributed by atoms with Crippen LogP contribution in [-0.4, -0.2) is 4.98 Å². The van der Waals surface area contributed by atoms with Gasteiger partial charge in [0.05, 0.1) is 5.69 Å². The summed E-state index contributed by atoms with van der Waals surface area (Å²) < 4.78 is 1.07. The van der Waals surface area contributed by atoms with Crippen LogP contribution in [0, 0.1) is 6.92 Å². The van der Waals surface area contributed by atoms with E-state index in [4.69, 9.17) is 4.98 Å². The lowest BCUT2D eigenvalue weighted by Crippen LogP contribution is -1.89. The van der Waals surface area contributed by atoms with Gasteiger partial charge in [-0.2, -0.15) is 0 Å². The van der Waals surface area contributed by atoms with Crippen LogP contribution in [0.15, 0.2) is 59.1 Å². The predicted molar refractivity (Wildman–Crippen MR) is 89.7 cm³/mol.